The topological polar surface area (TPSA) is 70.7 Å². The average molecular weight is 430 g/mol. The molecule has 0 unspecified atom stereocenters. The SMILES string of the molecule is CCN(Cc1ccccc1)C(=O)CN=C(N)NCC1CCC1.I. The van der Waals surface area contributed by atoms with Crippen LogP contribution in [0.2, 0.25) is 0 Å². The van der Waals surface area contributed by atoms with E-state index in [2.05, 4.69) is 10.3 Å². The molecule has 5 nitrogen and oxygen atoms in total. The van der Waals surface area contributed by atoms with Crippen LogP contribution in [0.4, 0.5) is 0 Å². The number of carbonyl (C=O) groups is 1. The maximum atomic E-state index is 12.2. The van der Waals surface area contributed by atoms with Crippen molar-refractivity contribution in [3.63, 3.8) is 0 Å². The molecule has 0 radical (unpaired) electrons. The molecule has 0 aliphatic heterocycles. The van der Waals surface area contributed by atoms with Crippen LogP contribution >= 0.6 is 24.0 Å². The van der Waals surface area contributed by atoms with Gasteiger partial charge in [0.2, 0.25) is 5.91 Å². The van der Waals surface area contributed by atoms with Gasteiger partial charge in [0.1, 0.15) is 6.54 Å². The molecule has 0 aromatic heterocycles. The maximum absolute atomic E-state index is 12.2. The van der Waals surface area contributed by atoms with Crippen LogP contribution in [0, 0.1) is 5.92 Å². The molecule has 6 heteroatoms. The van der Waals surface area contributed by atoms with E-state index < -0.39 is 0 Å². The molecule has 1 aromatic rings. The van der Waals surface area contributed by atoms with Gasteiger partial charge < -0.3 is 16.0 Å². The summed E-state index contributed by atoms with van der Waals surface area (Å²) in [6.07, 6.45) is 3.84. The first-order chi connectivity index (χ1) is 10.7. The number of halogens is 1. The lowest BCUT2D eigenvalue weighted by molar-refractivity contribution is -0.130. The molecule has 3 N–H and O–H groups in total. The number of nitrogens with two attached hydrogens (primary N) is 1. The molecule has 0 heterocycles. The summed E-state index contributed by atoms with van der Waals surface area (Å²) in [5, 5.41) is 3.10. The Morgan fingerprint density at radius 3 is 2.61 bits per heavy atom. The zero-order chi connectivity index (χ0) is 15.8. The quantitative estimate of drug-likeness (QED) is 0.397. The van der Waals surface area contributed by atoms with Crippen LogP contribution in [0.3, 0.4) is 0 Å². The molecule has 1 aliphatic rings. The van der Waals surface area contributed by atoms with E-state index in [1.165, 1.54) is 19.3 Å². The highest BCUT2D eigenvalue weighted by Crippen LogP contribution is 2.24. The lowest BCUT2D eigenvalue weighted by Gasteiger charge is -2.25. The number of aliphatic imine (C=N–C) groups is 1. The Morgan fingerprint density at radius 2 is 2.04 bits per heavy atom. The van der Waals surface area contributed by atoms with Gasteiger partial charge in [-0.2, -0.15) is 0 Å². The summed E-state index contributed by atoms with van der Waals surface area (Å²) in [5.74, 6) is 1.09. The number of hydrogen-bond acceptors (Lipinski definition) is 2. The van der Waals surface area contributed by atoms with E-state index in [0.717, 1.165) is 18.0 Å². The second-order valence-electron chi connectivity index (χ2n) is 5.77. The minimum Gasteiger partial charge on any atom is -0.370 e. The molecule has 1 aromatic carbocycles. The predicted octanol–water partition coefficient (Wildman–Crippen LogP) is 2.36. The zero-order valence-electron chi connectivity index (χ0n) is 13.7. The molecule has 23 heavy (non-hydrogen) atoms. The minimum atomic E-state index is -0.000234. The average Bonchev–Trinajstić information content (AvgIpc) is 2.49. The number of nitrogens with one attached hydrogen (secondary N) is 1. The van der Waals surface area contributed by atoms with Crippen molar-refractivity contribution < 1.29 is 4.79 Å². The first-order valence-corrected chi connectivity index (χ1v) is 8.04. The summed E-state index contributed by atoms with van der Waals surface area (Å²) in [5.41, 5.74) is 6.93. The largest absolute Gasteiger partial charge is 0.370 e. The fourth-order valence-electron chi connectivity index (χ4n) is 2.43. The highest BCUT2D eigenvalue weighted by Gasteiger charge is 2.17. The number of likely N-dealkylation sites (N-methyl/N-ethyl adjacent to an activating group) is 1. The van der Waals surface area contributed by atoms with Gasteiger partial charge in [-0.25, -0.2) is 4.99 Å². The Morgan fingerprint density at radius 1 is 1.35 bits per heavy atom. The smallest absolute Gasteiger partial charge is 0.244 e. The number of rotatable bonds is 7. The zero-order valence-corrected chi connectivity index (χ0v) is 16.0. The lowest BCUT2D eigenvalue weighted by atomic mass is 9.85. The monoisotopic (exact) mass is 430 g/mol. The number of benzene rings is 1. The van der Waals surface area contributed by atoms with Gasteiger partial charge in [-0.1, -0.05) is 36.8 Å². The van der Waals surface area contributed by atoms with Gasteiger partial charge in [0.05, 0.1) is 0 Å². The van der Waals surface area contributed by atoms with Crippen LogP contribution < -0.4 is 11.1 Å². The Kier molecular flexibility index (Phi) is 8.98. The van der Waals surface area contributed by atoms with E-state index in [1.54, 1.807) is 4.90 Å². The van der Waals surface area contributed by atoms with E-state index in [0.29, 0.717) is 19.0 Å². The molecule has 1 amide bonds. The van der Waals surface area contributed by atoms with E-state index in [4.69, 9.17) is 5.73 Å². The van der Waals surface area contributed by atoms with Crippen LogP contribution in [-0.2, 0) is 11.3 Å². The van der Waals surface area contributed by atoms with Crippen molar-refractivity contribution in [3.8, 4) is 0 Å². The van der Waals surface area contributed by atoms with Crippen LogP contribution in [0.1, 0.15) is 31.7 Å². The third-order valence-corrected chi connectivity index (χ3v) is 4.13. The van der Waals surface area contributed by atoms with Crippen molar-refractivity contribution in [1.82, 2.24) is 10.2 Å². The molecule has 0 spiro atoms. The Labute approximate surface area is 155 Å². The van der Waals surface area contributed by atoms with Crippen molar-refractivity contribution in [3.05, 3.63) is 35.9 Å². The predicted molar refractivity (Wildman–Crippen MR) is 105 cm³/mol. The van der Waals surface area contributed by atoms with E-state index in [-0.39, 0.29) is 36.4 Å². The fourth-order valence-corrected chi connectivity index (χ4v) is 2.43. The van der Waals surface area contributed by atoms with E-state index in [1.807, 2.05) is 37.3 Å². The number of guanidine groups is 1. The highest BCUT2D eigenvalue weighted by molar-refractivity contribution is 14.0. The first-order valence-electron chi connectivity index (χ1n) is 8.04. The van der Waals surface area contributed by atoms with Crippen LogP contribution in [0.15, 0.2) is 35.3 Å². The van der Waals surface area contributed by atoms with Gasteiger partial charge >= 0.3 is 0 Å². The minimum absolute atomic E-state index is 0. The van der Waals surface area contributed by atoms with Gasteiger partial charge in [0, 0.05) is 19.6 Å². The van der Waals surface area contributed by atoms with Crippen molar-refractivity contribution in [2.45, 2.75) is 32.7 Å². The van der Waals surface area contributed by atoms with Gasteiger partial charge in [0.15, 0.2) is 5.96 Å². The van der Waals surface area contributed by atoms with Gasteiger partial charge in [-0.05, 0) is 31.2 Å². The summed E-state index contributed by atoms with van der Waals surface area (Å²) in [6, 6.07) is 9.98. The van der Waals surface area contributed by atoms with Crippen molar-refractivity contribution >= 4 is 35.8 Å². The standard InChI is InChI=1S/C17H26N4O.HI/c1-2-21(13-15-7-4-3-5-8-15)16(22)12-20-17(18)19-11-14-9-6-10-14;/h3-5,7-8,14H,2,6,9-13H2,1H3,(H3,18,19,20);1H. The third-order valence-electron chi connectivity index (χ3n) is 4.13. The Balaban J connectivity index is 0.00000264. The second kappa shape index (κ2) is 10.5. The molecule has 1 saturated carbocycles. The summed E-state index contributed by atoms with van der Waals surface area (Å²) in [4.78, 5) is 18.2. The molecule has 0 atom stereocenters. The summed E-state index contributed by atoms with van der Waals surface area (Å²) >= 11 is 0. The highest BCUT2D eigenvalue weighted by atomic mass is 127. The van der Waals surface area contributed by atoms with E-state index >= 15 is 0 Å². The molecular formula is C17H27IN4O. The molecule has 1 fully saturated rings. The number of hydrogen-bond donors (Lipinski definition) is 2. The van der Waals surface area contributed by atoms with Gasteiger partial charge in [-0.3, -0.25) is 4.79 Å². The van der Waals surface area contributed by atoms with Crippen molar-refractivity contribution in [1.29, 1.82) is 0 Å². The lowest BCUT2D eigenvalue weighted by Crippen LogP contribution is -2.38. The molecule has 0 bridgehead atoms. The number of carbonyl (C=O) groups excluding carboxylic acids is 1. The van der Waals surface area contributed by atoms with Gasteiger partial charge in [-0.15, -0.1) is 24.0 Å². The van der Waals surface area contributed by atoms with Crippen LogP contribution in [0.5, 0.6) is 0 Å². The first kappa shape index (κ1) is 19.7. The summed E-state index contributed by atoms with van der Waals surface area (Å²) < 4.78 is 0. The van der Waals surface area contributed by atoms with Crippen molar-refractivity contribution in [2.24, 2.45) is 16.6 Å². The Hall–Kier alpha value is -1.31. The summed E-state index contributed by atoms with van der Waals surface area (Å²) in [6.45, 7) is 4.22. The molecular weight excluding hydrogens is 403 g/mol. The van der Waals surface area contributed by atoms with Crippen LogP contribution in [-0.4, -0.2) is 36.4 Å². The molecule has 1 aliphatic carbocycles. The van der Waals surface area contributed by atoms with Crippen molar-refractivity contribution in [2.75, 3.05) is 19.6 Å². The second-order valence-corrected chi connectivity index (χ2v) is 5.77. The normalized spacial score (nSPS) is 14.6. The van der Waals surface area contributed by atoms with Crippen LogP contribution in [0.25, 0.3) is 0 Å². The molecule has 128 valence electrons. The van der Waals surface area contributed by atoms with E-state index in [9.17, 15) is 4.79 Å². The maximum Gasteiger partial charge on any atom is 0.244 e. The van der Waals surface area contributed by atoms with Gasteiger partial charge in [0.25, 0.3) is 0 Å². The molecule has 0 saturated heterocycles. The third kappa shape index (κ3) is 6.76. The number of nitrogens with zero attached hydrogens (tertiary/aromatic N) is 2. The molecule has 2 rings (SSSR count). The number of amides is 1. The fraction of sp³-hybridized carbons (Fsp3) is 0.529. The Bertz CT molecular complexity index is 503. The summed E-state index contributed by atoms with van der Waals surface area (Å²) in [7, 11) is 0.